The van der Waals surface area contributed by atoms with Crippen LogP contribution in [0.3, 0.4) is 0 Å². The third-order valence-electron chi connectivity index (χ3n) is 11.0. The molecule has 0 aliphatic rings. The number of carbonyl (C=O) groups excluding carboxylic acids is 2. The predicted octanol–water partition coefficient (Wildman–Crippen LogP) is 17.3. The van der Waals surface area contributed by atoms with E-state index in [2.05, 4.69) is 81.5 Å². The number of allylic oxidation sites excluding steroid dienone is 10. The molecule has 5 nitrogen and oxygen atoms in total. The Bertz CT molecular complexity index is 1040. The van der Waals surface area contributed by atoms with Crippen molar-refractivity contribution in [1.29, 1.82) is 0 Å². The molecule has 0 aromatic carbocycles. The van der Waals surface area contributed by atoms with Gasteiger partial charge in [-0.05, 0) is 103 Å². The Morgan fingerprint density at radius 2 is 0.750 bits per heavy atom. The van der Waals surface area contributed by atoms with Gasteiger partial charge >= 0.3 is 11.9 Å². The smallest absolute Gasteiger partial charge is 0.306 e. The summed E-state index contributed by atoms with van der Waals surface area (Å²) in [5.41, 5.74) is 0. The Kier molecular flexibility index (Phi) is 48.9. The zero-order valence-corrected chi connectivity index (χ0v) is 40.0. The van der Waals surface area contributed by atoms with Gasteiger partial charge in [0.2, 0.25) is 0 Å². The average molecular weight is 839 g/mol. The second kappa shape index (κ2) is 51.0. The molecule has 0 N–H and O–H groups in total. The van der Waals surface area contributed by atoms with Crippen molar-refractivity contribution in [3.05, 3.63) is 60.8 Å². The van der Waals surface area contributed by atoms with Crippen molar-refractivity contribution >= 4 is 11.9 Å². The minimum Gasteiger partial charge on any atom is -0.462 e. The fraction of sp³-hybridized carbons (Fsp3) is 0.782. The topological polar surface area (TPSA) is 61.8 Å². The van der Waals surface area contributed by atoms with Crippen LogP contribution < -0.4 is 0 Å². The molecule has 0 rings (SSSR count). The molecule has 1 unspecified atom stereocenters. The quantitative estimate of drug-likeness (QED) is 0.0347. The van der Waals surface area contributed by atoms with Gasteiger partial charge in [-0.15, -0.1) is 0 Å². The van der Waals surface area contributed by atoms with Crippen LogP contribution in [0.2, 0.25) is 0 Å². The number of hydrogen-bond donors (Lipinski definition) is 0. The normalized spacial score (nSPS) is 12.7. The molecule has 0 spiro atoms. The molecule has 0 bridgehead atoms. The molecule has 0 amide bonds. The fourth-order valence-corrected chi connectivity index (χ4v) is 7.16. The number of rotatable bonds is 47. The molecular formula is C55H98O5. The molecule has 60 heavy (non-hydrogen) atoms. The van der Waals surface area contributed by atoms with Crippen molar-refractivity contribution in [2.45, 2.75) is 258 Å². The van der Waals surface area contributed by atoms with E-state index in [0.717, 1.165) is 89.9 Å². The standard InChI is InChI=1S/C55H98O5/c1-4-7-10-13-16-19-22-25-27-29-32-35-38-41-44-47-50-58-51-53(60-55(57)49-46-43-40-37-34-30-24-21-18-15-12-9-6-3)52-59-54(56)48-45-42-39-36-33-31-28-26-23-20-17-14-11-8-5-2/h7,10,16,19,21,24-28,53H,4-6,8-9,11-15,17-18,20,22-23,29-52H2,1-3H3/b10-7-,19-16-,24-21-,27-25-,28-26-. The van der Waals surface area contributed by atoms with Gasteiger partial charge in [-0.2, -0.15) is 0 Å². The third-order valence-corrected chi connectivity index (χ3v) is 11.0. The highest BCUT2D eigenvalue weighted by Gasteiger charge is 2.17. The van der Waals surface area contributed by atoms with Crippen LogP contribution in [0, 0.1) is 0 Å². The monoisotopic (exact) mass is 839 g/mol. The number of hydrogen-bond acceptors (Lipinski definition) is 5. The first kappa shape index (κ1) is 57.6. The van der Waals surface area contributed by atoms with Gasteiger partial charge in [0.05, 0.1) is 6.61 Å². The van der Waals surface area contributed by atoms with Gasteiger partial charge in [0.25, 0.3) is 0 Å². The number of unbranched alkanes of at least 4 members (excludes halogenated alkanes) is 26. The zero-order chi connectivity index (χ0) is 43.5. The van der Waals surface area contributed by atoms with Crippen LogP contribution in [0.4, 0.5) is 0 Å². The Labute approximate surface area is 373 Å². The lowest BCUT2D eigenvalue weighted by Gasteiger charge is -2.18. The lowest BCUT2D eigenvalue weighted by Crippen LogP contribution is -2.30. The third kappa shape index (κ3) is 48.3. The van der Waals surface area contributed by atoms with Crippen molar-refractivity contribution < 1.29 is 23.8 Å². The SMILES string of the molecule is CC/C=C\C/C=C\C/C=C\CCCCCCCCOCC(COC(=O)CCCCCCC/C=C\CCCCCCCC)OC(=O)CCCCCCC/C=C\CCCCCC. The van der Waals surface area contributed by atoms with Gasteiger partial charge in [-0.25, -0.2) is 0 Å². The number of carbonyl (C=O) groups is 2. The van der Waals surface area contributed by atoms with Crippen molar-refractivity contribution in [3.8, 4) is 0 Å². The molecule has 0 saturated carbocycles. The largest absolute Gasteiger partial charge is 0.462 e. The Balaban J connectivity index is 4.30. The predicted molar refractivity (Wildman–Crippen MR) is 261 cm³/mol. The second-order valence-electron chi connectivity index (χ2n) is 17.0. The summed E-state index contributed by atoms with van der Waals surface area (Å²) in [5, 5.41) is 0. The summed E-state index contributed by atoms with van der Waals surface area (Å²) in [4.78, 5) is 25.4. The summed E-state index contributed by atoms with van der Waals surface area (Å²) in [6.07, 6.45) is 63.7. The van der Waals surface area contributed by atoms with Gasteiger partial charge < -0.3 is 14.2 Å². The summed E-state index contributed by atoms with van der Waals surface area (Å²) in [5.74, 6) is -0.420. The van der Waals surface area contributed by atoms with Crippen molar-refractivity contribution in [1.82, 2.24) is 0 Å². The molecule has 1 atom stereocenters. The molecule has 0 fully saturated rings. The highest BCUT2D eigenvalue weighted by atomic mass is 16.6. The first-order chi connectivity index (χ1) is 29.6. The molecule has 0 aromatic rings. The van der Waals surface area contributed by atoms with Gasteiger partial charge in [0.15, 0.2) is 6.10 Å². The maximum Gasteiger partial charge on any atom is 0.306 e. The van der Waals surface area contributed by atoms with Crippen LogP contribution in [-0.4, -0.2) is 37.9 Å². The maximum absolute atomic E-state index is 12.8. The molecule has 0 radical (unpaired) electrons. The molecule has 5 heteroatoms. The van der Waals surface area contributed by atoms with E-state index in [1.54, 1.807) is 0 Å². The molecule has 0 aliphatic carbocycles. The summed E-state index contributed by atoms with van der Waals surface area (Å²) < 4.78 is 17.4. The van der Waals surface area contributed by atoms with E-state index in [0.29, 0.717) is 19.4 Å². The van der Waals surface area contributed by atoms with E-state index in [1.165, 1.54) is 128 Å². The van der Waals surface area contributed by atoms with Gasteiger partial charge in [-0.3, -0.25) is 9.59 Å². The second-order valence-corrected chi connectivity index (χ2v) is 17.0. The minimum absolute atomic E-state index is 0.0722. The van der Waals surface area contributed by atoms with Gasteiger partial charge in [0.1, 0.15) is 6.61 Å². The van der Waals surface area contributed by atoms with Crippen LogP contribution >= 0.6 is 0 Å². The maximum atomic E-state index is 12.8. The highest BCUT2D eigenvalue weighted by molar-refractivity contribution is 5.70. The first-order valence-corrected chi connectivity index (χ1v) is 25.8. The van der Waals surface area contributed by atoms with Crippen LogP contribution in [-0.2, 0) is 23.8 Å². The Hall–Kier alpha value is -2.40. The van der Waals surface area contributed by atoms with E-state index in [9.17, 15) is 9.59 Å². The fourth-order valence-electron chi connectivity index (χ4n) is 7.16. The lowest BCUT2D eigenvalue weighted by atomic mass is 10.1. The highest BCUT2D eigenvalue weighted by Crippen LogP contribution is 2.14. The average Bonchev–Trinajstić information content (AvgIpc) is 3.25. The first-order valence-electron chi connectivity index (χ1n) is 25.8. The van der Waals surface area contributed by atoms with Crippen LogP contribution in [0.1, 0.15) is 252 Å². The van der Waals surface area contributed by atoms with E-state index in [1.807, 2.05) is 0 Å². The summed E-state index contributed by atoms with van der Waals surface area (Å²) >= 11 is 0. The molecule has 348 valence electrons. The Morgan fingerprint density at radius 3 is 1.23 bits per heavy atom. The zero-order valence-electron chi connectivity index (χ0n) is 40.0. The van der Waals surface area contributed by atoms with Gasteiger partial charge in [-0.1, -0.05) is 197 Å². The van der Waals surface area contributed by atoms with E-state index in [4.69, 9.17) is 14.2 Å². The number of ether oxygens (including phenoxy) is 3. The van der Waals surface area contributed by atoms with Crippen LogP contribution in [0.25, 0.3) is 0 Å². The van der Waals surface area contributed by atoms with E-state index in [-0.39, 0.29) is 25.2 Å². The summed E-state index contributed by atoms with van der Waals surface area (Å²) in [6.45, 7) is 7.67. The minimum atomic E-state index is -0.550. The van der Waals surface area contributed by atoms with Gasteiger partial charge in [0, 0.05) is 19.4 Å². The molecule has 0 aliphatic heterocycles. The van der Waals surface area contributed by atoms with E-state index >= 15 is 0 Å². The molecule has 0 heterocycles. The van der Waals surface area contributed by atoms with Crippen molar-refractivity contribution in [2.75, 3.05) is 19.8 Å². The molecule has 0 saturated heterocycles. The van der Waals surface area contributed by atoms with E-state index < -0.39 is 6.10 Å². The number of esters is 2. The van der Waals surface area contributed by atoms with Crippen LogP contribution in [0.15, 0.2) is 60.8 Å². The summed E-state index contributed by atoms with van der Waals surface area (Å²) in [7, 11) is 0. The van der Waals surface area contributed by atoms with Crippen molar-refractivity contribution in [3.63, 3.8) is 0 Å². The lowest BCUT2D eigenvalue weighted by molar-refractivity contribution is -0.163. The Morgan fingerprint density at radius 1 is 0.383 bits per heavy atom. The summed E-state index contributed by atoms with van der Waals surface area (Å²) in [6, 6.07) is 0. The molecular weight excluding hydrogens is 741 g/mol. The molecule has 0 aromatic heterocycles. The van der Waals surface area contributed by atoms with Crippen LogP contribution in [0.5, 0.6) is 0 Å². The van der Waals surface area contributed by atoms with Crippen molar-refractivity contribution in [2.24, 2.45) is 0 Å².